The molecule has 0 radical (unpaired) electrons. The number of anilines is 3. The van der Waals surface area contributed by atoms with Crippen molar-refractivity contribution < 1.29 is 18.7 Å². The Bertz CT molecular complexity index is 1540. The van der Waals surface area contributed by atoms with Gasteiger partial charge in [0.15, 0.2) is 11.6 Å². The van der Waals surface area contributed by atoms with Crippen LogP contribution in [0.3, 0.4) is 0 Å². The number of ether oxygens (including phenoxy) is 1. The summed E-state index contributed by atoms with van der Waals surface area (Å²) in [6, 6.07) is 14.9. The van der Waals surface area contributed by atoms with Gasteiger partial charge in [0.2, 0.25) is 11.9 Å². The van der Waals surface area contributed by atoms with Crippen molar-refractivity contribution in [3.8, 4) is 5.82 Å². The first-order chi connectivity index (χ1) is 19.0. The van der Waals surface area contributed by atoms with Gasteiger partial charge < -0.3 is 25.6 Å². The molecule has 10 nitrogen and oxygen atoms in total. The van der Waals surface area contributed by atoms with Crippen LogP contribution in [0.2, 0.25) is 0 Å². The minimum Gasteiger partial charge on any atom is -0.381 e. The van der Waals surface area contributed by atoms with Crippen LogP contribution in [0, 0.1) is 11.7 Å². The van der Waals surface area contributed by atoms with Crippen molar-refractivity contribution in [3.63, 3.8) is 0 Å². The summed E-state index contributed by atoms with van der Waals surface area (Å²) < 4.78 is 21.8. The van der Waals surface area contributed by atoms with Gasteiger partial charge in [0.05, 0.1) is 29.8 Å². The van der Waals surface area contributed by atoms with Crippen molar-refractivity contribution in [2.75, 3.05) is 49.6 Å². The van der Waals surface area contributed by atoms with Gasteiger partial charge in [-0.1, -0.05) is 24.3 Å². The molecule has 2 amide bonds. The zero-order chi connectivity index (χ0) is 26.9. The fourth-order valence-corrected chi connectivity index (χ4v) is 5.22. The summed E-state index contributed by atoms with van der Waals surface area (Å²) in [5.41, 5.74) is 8.18. The van der Waals surface area contributed by atoms with Crippen LogP contribution < -0.4 is 16.0 Å². The molecule has 39 heavy (non-hydrogen) atoms. The Balaban J connectivity index is 1.20. The van der Waals surface area contributed by atoms with E-state index < -0.39 is 11.7 Å². The lowest BCUT2D eigenvalue weighted by molar-refractivity contribution is -0.135. The molecule has 2 aliphatic rings. The zero-order valence-electron chi connectivity index (χ0n) is 21.2. The van der Waals surface area contributed by atoms with E-state index in [9.17, 15) is 14.0 Å². The summed E-state index contributed by atoms with van der Waals surface area (Å²) in [6.07, 6.45) is 3.39. The van der Waals surface area contributed by atoms with Gasteiger partial charge in [-0.25, -0.2) is 9.37 Å². The minimum absolute atomic E-state index is 0.000747. The van der Waals surface area contributed by atoms with Gasteiger partial charge in [0.1, 0.15) is 0 Å². The molecule has 2 aromatic carbocycles. The van der Waals surface area contributed by atoms with Crippen LogP contribution in [-0.4, -0.2) is 70.6 Å². The Hall–Kier alpha value is -4.51. The van der Waals surface area contributed by atoms with Crippen molar-refractivity contribution in [1.29, 1.82) is 0 Å². The normalized spacial score (nSPS) is 17.5. The Kier molecular flexibility index (Phi) is 6.57. The highest BCUT2D eigenvalue weighted by atomic mass is 19.1. The third-order valence-corrected chi connectivity index (χ3v) is 7.27. The van der Waals surface area contributed by atoms with E-state index in [1.807, 2.05) is 29.2 Å². The second-order valence-corrected chi connectivity index (χ2v) is 9.71. The van der Waals surface area contributed by atoms with Gasteiger partial charge in [-0.3, -0.25) is 14.2 Å². The number of nitrogens with one attached hydrogen (secondary N) is 1. The number of carbonyl (C=O) groups is 2. The number of piperazine rings is 1. The summed E-state index contributed by atoms with van der Waals surface area (Å²) in [5, 5.41) is 3.78. The number of carbonyl (C=O) groups excluding carboxylic acids is 2. The van der Waals surface area contributed by atoms with Crippen LogP contribution in [0.15, 0.2) is 60.9 Å². The van der Waals surface area contributed by atoms with Crippen LogP contribution in [0.4, 0.5) is 21.7 Å². The van der Waals surface area contributed by atoms with Crippen LogP contribution >= 0.6 is 0 Å². The SMILES string of the molecule is NC(=O)c1cn(-c2nc(Nc3cccc(N4CCN(C(=O)C5CCOC5)CC4)c3)ncc2F)c2ccccc12. The molecule has 0 aliphatic carbocycles. The summed E-state index contributed by atoms with van der Waals surface area (Å²) in [6.45, 7) is 3.95. The van der Waals surface area contributed by atoms with Gasteiger partial charge in [-0.05, 0) is 30.7 Å². The lowest BCUT2D eigenvalue weighted by atomic mass is 10.1. The summed E-state index contributed by atoms with van der Waals surface area (Å²) in [4.78, 5) is 37.4. The molecule has 2 aliphatic heterocycles. The molecular weight excluding hydrogens is 501 g/mol. The van der Waals surface area contributed by atoms with E-state index in [0.717, 1.165) is 37.1 Å². The molecule has 4 aromatic rings. The number of hydrogen-bond acceptors (Lipinski definition) is 7. The number of benzene rings is 2. The van der Waals surface area contributed by atoms with Gasteiger partial charge in [0, 0.05) is 55.7 Å². The minimum atomic E-state index is -0.636. The Labute approximate surface area is 224 Å². The molecule has 2 aromatic heterocycles. The second kappa shape index (κ2) is 10.3. The van der Waals surface area contributed by atoms with Gasteiger partial charge in [-0.2, -0.15) is 4.98 Å². The van der Waals surface area contributed by atoms with E-state index in [4.69, 9.17) is 10.5 Å². The van der Waals surface area contributed by atoms with Crippen LogP contribution in [0.5, 0.6) is 0 Å². The lowest BCUT2D eigenvalue weighted by Gasteiger charge is -2.37. The highest BCUT2D eigenvalue weighted by Gasteiger charge is 2.30. The van der Waals surface area contributed by atoms with Crippen LogP contribution in [-0.2, 0) is 9.53 Å². The molecule has 6 rings (SSSR count). The largest absolute Gasteiger partial charge is 0.381 e. The van der Waals surface area contributed by atoms with E-state index in [-0.39, 0.29) is 29.2 Å². The Morgan fingerprint density at radius 3 is 2.67 bits per heavy atom. The average molecular weight is 530 g/mol. The smallest absolute Gasteiger partial charge is 0.250 e. The van der Waals surface area contributed by atoms with E-state index in [0.29, 0.717) is 37.2 Å². The maximum atomic E-state index is 14.9. The van der Waals surface area contributed by atoms with E-state index in [1.54, 1.807) is 24.3 Å². The maximum Gasteiger partial charge on any atom is 0.250 e. The average Bonchev–Trinajstić information content (AvgIpc) is 3.63. The predicted molar refractivity (Wildman–Crippen MR) is 145 cm³/mol. The molecule has 200 valence electrons. The number of nitrogens with zero attached hydrogens (tertiary/aromatic N) is 5. The van der Waals surface area contributed by atoms with Crippen molar-refractivity contribution in [2.45, 2.75) is 6.42 Å². The summed E-state index contributed by atoms with van der Waals surface area (Å²) in [7, 11) is 0. The first-order valence-electron chi connectivity index (χ1n) is 12.9. The number of halogens is 1. The lowest BCUT2D eigenvalue weighted by Crippen LogP contribution is -2.50. The molecule has 3 N–H and O–H groups in total. The molecule has 0 spiro atoms. The number of nitrogens with two attached hydrogens (primary N) is 1. The standard InChI is InChI=1S/C28H28FN7O3/c29-23-15-31-28(33-26(23)36-16-22(25(30)37)21-6-1-2-7-24(21)36)32-19-4-3-5-20(14-19)34-9-11-35(12-10-34)27(38)18-8-13-39-17-18/h1-7,14-16,18H,8-13,17H2,(H2,30,37)(H,31,32,33). The number of hydrogen-bond donors (Lipinski definition) is 2. The first-order valence-corrected chi connectivity index (χ1v) is 12.9. The molecule has 0 bridgehead atoms. The van der Waals surface area contributed by atoms with Crippen LogP contribution in [0.25, 0.3) is 16.7 Å². The topological polar surface area (TPSA) is 119 Å². The number of aromatic nitrogens is 3. The molecule has 2 saturated heterocycles. The number of primary amides is 1. The maximum absolute atomic E-state index is 14.9. The first kappa shape index (κ1) is 24.8. The number of para-hydroxylation sites is 1. The highest BCUT2D eigenvalue weighted by Crippen LogP contribution is 2.27. The number of amides is 2. The van der Waals surface area contributed by atoms with E-state index >= 15 is 0 Å². The summed E-state index contributed by atoms with van der Waals surface area (Å²) >= 11 is 0. The zero-order valence-corrected chi connectivity index (χ0v) is 21.2. The van der Waals surface area contributed by atoms with E-state index in [1.165, 1.54) is 10.8 Å². The molecular formula is C28H28FN7O3. The van der Waals surface area contributed by atoms with Crippen molar-refractivity contribution in [1.82, 2.24) is 19.4 Å². The predicted octanol–water partition coefficient (Wildman–Crippen LogP) is 3.09. The second-order valence-electron chi connectivity index (χ2n) is 9.71. The molecule has 4 heterocycles. The fourth-order valence-electron chi connectivity index (χ4n) is 5.22. The molecule has 1 unspecified atom stereocenters. The third-order valence-electron chi connectivity index (χ3n) is 7.27. The molecule has 0 saturated carbocycles. The fraction of sp³-hybridized carbons (Fsp3) is 0.286. The number of fused-ring (bicyclic) bond motifs is 1. The monoisotopic (exact) mass is 529 g/mol. The number of rotatable bonds is 6. The van der Waals surface area contributed by atoms with Gasteiger partial charge in [-0.15, -0.1) is 0 Å². The van der Waals surface area contributed by atoms with Gasteiger partial charge in [0.25, 0.3) is 5.91 Å². The Morgan fingerprint density at radius 1 is 1.08 bits per heavy atom. The van der Waals surface area contributed by atoms with Crippen LogP contribution in [0.1, 0.15) is 16.8 Å². The van der Waals surface area contributed by atoms with Crippen molar-refractivity contribution >= 4 is 40.0 Å². The van der Waals surface area contributed by atoms with Gasteiger partial charge >= 0.3 is 0 Å². The molecule has 11 heteroatoms. The summed E-state index contributed by atoms with van der Waals surface area (Å²) in [5.74, 6) is -0.867. The Morgan fingerprint density at radius 2 is 1.90 bits per heavy atom. The van der Waals surface area contributed by atoms with Crippen molar-refractivity contribution in [2.24, 2.45) is 11.7 Å². The van der Waals surface area contributed by atoms with Crippen molar-refractivity contribution in [3.05, 3.63) is 72.3 Å². The van der Waals surface area contributed by atoms with E-state index in [2.05, 4.69) is 20.2 Å². The quantitative estimate of drug-likeness (QED) is 0.394. The highest BCUT2D eigenvalue weighted by molar-refractivity contribution is 6.06. The third kappa shape index (κ3) is 4.88. The molecule has 2 fully saturated rings. The molecule has 1 atom stereocenters.